The quantitative estimate of drug-likeness (QED) is 0.291. The van der Waals surface area contributed by atoms with Gasteiger partial charge in [0, 0.05) is 17.8 Å². The van der Waals surface area contributed by atoms with Gasteiger partial charge in [-0.15, -0.1) is 5.10 Å². The third kappa shape index (κ3) is 4.22. The van der Waals surface area contributed by atoms with E-state index in [1.165, 1.54) is 22.4 Å². The van der Waals surface area contributed by atoms with E-state index in [-0.39, 0.29) is 0 Å². The van der Waals surface area contributed by atoms with Crippen LogP contribution >= 0.6 is 0 Å². The largest absolute Gasteiger partial charge is 0.490 e. The third-order valence-corrected chi connectivity index (χ3v) is 6.45. The van der Waals surface area contributed by atoms with E-state index >= 15 is 0 Å². The molecule has 0 saturated heterocycles. The predicted octanol–water partition coefficient (Wildman–Crippen LogP) is 5.71. The van der Waals surface area contributed by atoms with Gasteiger partial charge in [-0.25, -0.2) is 14.5 Å². The van der Waals surface area contributed by atoms with Gasteiger partial charge in [-0.05, 0) is 70.4 Å². The molecule has 0 saturated carbocycles. The van der Waals surface area contributed by atoms with Crippen molar-refractivity contribution in [1.82, 2.24) is 24.1 Å². The molecule has 2 aromatic carbocycles. The van der Waals surface area contributed by atoms with Gasteiger partial charge in [0.2, 0.25) is 0 Å². The minimum Gasteiger partial charge on any atom is -0.490 e. The molecule has 7 heteroatoms. The van der Waals surface area contributed by atoms with E-state index in [0.717, 1.165) is 46.7 Å². The van der Waals surface area contributed by atoms with Crippen LogP contribution in [0.2, 0.25) is 0 Å². The van der Waals surface area contributed by atoms with Gasteiger partial charge < -0.3 is 14.0 Å². The van der Waals surface area contributed by atoms with Gasteiger partial charge >= 0.3 is 0 Å². The summed E-state index contributed by atoms with van der Waals surface area (Å²) in [4.78, 5) is 9.71. The first kappa shape index (κ1) is 22.9. The normalized spacial score (nSPS) is 11.5. The average Bonchev–Trinajstić information content (AvgIpc) is 3.39. The van der Waals surface area contributed by atoms with E-state index in [0.29, 0.717) is 19.0 Å². The first-order valence-electron chi connectivity index (χ1n) is 12.2. The van der Waals surface area contributed by atoms with Crippen molar-refractivity contribution < 1.29 is 9.47 Å². The molecule has 0 radical (unpaired) electrons. The van der Waals surface area contributed by atoms with Crippen molar-refractivity contribution in [2.24, 2.45) is 0 Å². The molecule has 0 aliphatic rings. The van der Waals surface area contributed by atoms with Crippen LogP contribution in [0.5, 0.6) is 11.5 Å². The van der Waals surface area contributed by atoms with Crippen LogP contribution in [0.1, 0.15) is 36.2 Å². The maximum Gasteiger partial charge on any atom is 0.182 e. The van der Waals surface area contributed by atoms with E-state index < -0.39 is 0 Å². The Bertz CT molecular complexity index is 1520. The van der Waals surface area contributed by atoms with E-state index in [1.807, 2.05) is 32.0 Å². The first-order valence-corrected chi connectivity index (χ1v) is 12.2. The van der Waals surface area contributed by atoms with Gasteiger partial charge in [-0.2, -0.15) is 0 Å². The van der Waals surface area contributed by atoms with Crippen molar-refractivity contribution >= 4 is 16.7 Å². The van der Waals surface area contributed by atoms with Crippen LogP contribution in [0.25, 0.3) is 28.1 Å². The topological polar surface area (TPSA) is 66.5 Å². The minimum atomic E-state index is 0.604. The number of aryl methyl sites for hydroxylation is 4. The van der Waals surface area contributed by atoms with Crippen LogP contribution in [0.4, 0.5) is 0 Å². The first-order chi connectivity index (χ1) is 17.0. The summed E-state index contributed by atoms with van der Waals surface area (Å²) in [6.07, 6.45) is 2.62. The van der Waals surface area contributed by atoms with Crippen LogP contribution in [0.3, 0.4) is 0 Å². The lowest BCUT2D eigenvalue weighted by atomic mass is 10.1. The number of ether oxygens (including phenoxy) is 2. The molecule has 180 valence electrons. The van der Waals surface area contributed by atoms with Gasteiger partial charge in [-0.3, -0.25) is 0 Å². The van der Waals surface area contributed by atoms with Gasteiger partial charge in [0.05, 0.1) is 18.6 Å². The van der Waals surface area contributed by atoms with E-state index in [9.17, 15) is 0 Å². The van der Waals surface area contributed by atoms with Crippen molar-refractivity contribution in [2.45, 2.75) is 47.6 Å². The number of hydrogen-bond donors (Lipinski definition) is 0. The van der Waals surface area contributed by atoms with Crippen LogP contribution in [-0.4, -0.2) is 37.4 Å². The van der Waals surface area contributed by atoms with Gasteiger partial charge in [0.1, 0.15) is 12.0 Å². The number of hydrogen-bond acceptors (Lipinski definition) is 5. The Kier molecular flexibility index (Phi) is 6.16. The Hall–Kier alpha value is -3.87. The molecule has 5 rings (SSSR count). The lowest BCUT2D eigenvalue weighted by Crippen LogP contribution is -2.05. The lowest BCUT2D eigenvalue weighted by Gasteiger charge is -2.13. The second kappa shape index (κ2) is 9.41. The van der Waals surface area contributed by atoms with Crippen LogP contribution in [0, 0.1) is 20.8 Å². The molecule has 3 heterocycles. The molecular formula is C28H31N5O2. The smallest absolute Gasteiger partial charge is 0.182 e. The summed E-state index contributed by atoms with van der Waals surface area (Å²) < 4.78 is 15.6. The summed E-state index contributed by atoms with van der Waals surface area (Å²) >= 11 is 0. The maximum absolute atomic E-state index is 5.81. The van der Waals surface area contributed by atoms with Gasteiger partial charge in [-0.1, -0.05) is 29.8 Å². The number of benzene rings is 2. The minimum absolute atomic E-state index is 0.604. The highest BCUT2D eigenvalue weighted by molar-refractivity contribution is 5.94. The van der Waals surface area contributed by atoms with E-state index in [1.54, 1.807) is 10.8 Å². The summed E-state index contributed by atoms with van der Waals surface area (Å²) in [6.45, 7) is 12.4. The zero-order valence-corrected chi connectivity index (χ0v) is 21.0. The fourth-order valence-corrected chi connectivity index (χ4v) is 4.60. The molecule has 0 fully saturated rings. The third-order valence-electron chi connectivity index (χ3n) is 6.45. The molecule has 0 aliphatic carbocycles. The molecule has 7 nitrogen and oxygen atoms in total. The van der Waals surface area contributed by atoms with Crippen molar-refractivity contribution in [2.75, 3.05) is 13.2 Å². The summed E-state index contributed by atoms with van der Waals surface area (Å²) in [7, 11) is 0. The second-order valence-electron chi connectivity index (χ2n) is 8.78. The SMILES string of the molecule is CCOc1ccc(CCn2c(C)c(C)c3c2ncn2nc(-c4cccc(C)c4)nc32)cc1OCC. The molecular weight excluding hydrogens is 438 g/mol. The Balaban J connectivity index is 1.50. The molecule has 0 bridgehead atoms. The summed E-state index contributed by atoms with van der Waals surface area (Å²) in [5.74, 6) is 2.30. The predicted molar refractivity (Wildman–Crippen MR) is 138 cm³/mol. The zero-order chi connectivity index (χ0) is 24.5. The number of nitrogens with zero attached hydrogens (tertiary/aromatic N) is 5. The van der Waals surface area contributed by atoms with E-state index in [2.05, 4.69) is 49.6 Å². The molecule has 5 aromatic rings. The number of aromatic nitrogens is 5. The molecule has 3 aromatic heterocycles. The Morgan fingerprint density at radius 2 is 1.69 bits per heavy atom. The summed E-state index contributed by atoms with van der Waals surface area (Å²) in [5.41, 5.74) is 7.54. The fraction of sp³-hybridized carbons (Fsp3) is 0.321. The summed E-state index contributed by atoms with van der Waals surface area (Å²) in [6, 6.07) is 14.5. The molecule has 0 aliphatic heterocycles. The standard InChI is InChI=1S/C28H31N5O2/c1-6-34-23-12-11-21(16-24(23)35-7-2)13-14-32-20(5)19(4)25-27(32)29-17-33-28(25)30-26(31-33)22-10-8-9-18(3)15-22/h8-12,15-17H,6-7,13-14H2,1-5H3. The number of fused-ring (bicyclic) bond motifs is 3. The lowest BCUT2D eigenvalue weighted by molar-refractivity contribution is 0.287. The molecule has 0 N–H and O–H groups in total. The van der Waals surface area contributed by atoms with Crippen LogP contribution < -0.4 is 9.47 Å². The van der Waals surface area contributed by atoms with E-state index in [4.69, 9.17) is 24.5 Å². The molecule has 0 amide bonds. The number of rotatable bonds is 8. The van der Waals surface area contributed by atoms with Crippen molar-refractivity contribution in [3.63, 3.8) is 0 Å². The summed E-state index contributed by atoms with van der Waals surface area (Å²) in [5, 5.41) is 5.76. The van der Waals surface area contributed by atoms with Crippen LogP contribution in [0.15, 0.2) is 48.8 Å². The molecule has 0 unspecified atom stereocenters. The Morgan fingerprint density at radius 3 is 2.46 bits per heavy atom. The van der Waals surface area contributed by atoms with Gasteiger partial charge in [0.25, 0.3) is 0 Å². The second-order valence-corrected chi connectivity index (χ2v) is 8.78. The highest BCUT2D eigenvalue weighted by Gasteiger charge is 2.18. The molecule has 35 heavy (non-hydrogen) atoms. The van der Waals surface area contributed by atoms with Crippen molar-refractivity contribution in [1.29, 1.82) is 0 Å². The molecule has 0 atom stereocenters. The molecule has 0 spiro atoms. The maximum atomic E-state index is 5.81. The highest BCUT2D eigenvalue weighted by atomic mass is 16.5. The zero-order valence-electron chi connectivity index (χ0n) is 21.0. The average molecular weight is 470 g/mol. The van der Waals surface area contributed by atoms with Gasteiger partial charge in [0.15, 0.2) is 23.0 Å². The van der Waals surface area contributed by atoms with Crippen molar-refractivity contribution in [3.8, 4) is 22.9 Å². The Morgan fingerprint density at radius 1 is 0.886 bits per heavy atom. The Labute approximate surface area is 205 Å². The monoisotopic (exact) mass is 469 g/mol. The van der Waals surface area contributed by atoms with Crippen molar-refractivity contribution in [3.05, 3.63) is 71.2 Å². The highest BCUT2D eigenvalue weighted by Crippen LogP contribution is 2.31. The van der Waals surface area contributed by atoms with Crippen LogP contribution in [-0.2, 0) is 13.0 Å². The fourth-order valence-electron chi connectivity index (χ4n) is 4.60.